The van der Waals surface area contributed by atoms with Gasteiger partial charge in [-0.15, -0.1) is 25.5 Å². The SMILES string of the molecule is [N-]=[N+]=Nc1nc(N)n(-c2nnc(Cc3n[nH]c(N=[N+]=[N-])n3)nn2)n1. The van der Waals surface area contributed by atoms with E-state index in [2.05, 4.69) is 65.7 Å². The summed E-state index contributed by atoms with van der Waals surface area (Å²) >= 11 is 0. The van der Waals surface area contributed by atoms with Gasteiger partial charge in [-0.25, -0.2) is 4.98 Å². The Morgan fingerprint density at radius 2 is 1.79 bits per heavy atom. The summed E-state index contributed by atoms with van der Waals surface area (Å²) in [5.41, 5.74) is 22.2. The summed E-state index contributed by atoms with van der Waals surface area (Å²) in [6.45, 7) is 0. The van der Waals surface area contributed by atoms with Crippen LogP contribution in [0.15, 0.2) is 10.2 Å². The molecule has 17 nitrogen and oxygen atoms in total. The van der Waals surface area contributed by atoms with Crippen molar-refractivity contribution in [3.8, 4) is 5.95 Å². The molecular weight excluding hydrogens is 322 g/mol. The van der Waals surface area contributed by atoms with Crippen molar-refractivity contribution in [1.29, 1.82) is 0 Å². The van der Waals surface area contributed by atoms with E-state index in [0.717, 1.165) is 4.68 Å². The van der Waals surface area contributed by atoms with Gasteiger partial charge in [-0.3, -0.25) is 5.10 Å². The highest BCUT2D eigenvalue weighted by Crippen LogP contribution is 2.11. The van der Waals surface area contributed by atoms with E-state index in [1.54, 1.807) is 0 Å². The Kier molecular flexibility index (Phi) is 3.75. The minimum absolute atomic E-state index is 0.0194. The average Bonchev–Trinajstić information content (AvgIpc) is 3.16. The molecule has 0 aliphatic rings. The summed E-state index contributed by atoms with van der Waals surface area (Å²) < 4.78 is 1.01. The molecule has 0 aliphatic heterocycles. The highest BCUT2D eigenvalue weighted by Gasteiger charge is 2.13. The normalized spacial score (nSPS) is 10.0. The second-order valence-electron chi connectivity index (χ2n) is 3.93. The Morgan fingerprint density at radius 1 is 1.04 bits per heavy atom. The standard InChI is InChI=1S/C7H5N17/c8-4-12-6(18-23-10)21-24(4)7-19-14-3(15-20-7)1-2-11-5(16-13-2)17-22-9/h1H2,(H2,8,12,21)(H,11,13,16). The number of nitrogens with two attached hydrogens (primary N) is 1. The lowest BCUT2D eigenvalue weighted by Crippen LogP contribution is -2.11. The molecule has 0 unspecified atom stereocenters. The van der Waals surface area contributed by atoms with Crippen molar-refractivity contribution in [2.45, 2.75) is 6.42 Å². The van der Waals surface area contributed by atoms with Crippen molar-refractivity contribution < 1.29 is 0 Å². The summed E-state index contributed by atoms with van der Waals surface area (Å²) in [6.07, 6.45) is 0.106. The van der Waals surface area contributed by atoms with Crippen LogP contribution in [-0.2, 0) is 6.42 Å². The molecule has 0 amide bonds. The monoisotopic (exact) mass is 327 g/mol. The summed E-state index contributed by atoms with van der Waals surface area (Å²) in [6, 6.07) is 0. The molecule has 3 N–H and O–H groups in total. The Labute approximate surface area is 130 Å². The first kappa shape index (κ1) is 14.6. The molecule has 0 saturated carbocycles. The molecule has 3 rings (SSSR count). The number of nitrogens with one attached hydrogen (secondary N) is 1. The number of anilines is 1. The smallest absolute Gasteiger partial charge is 0.292 e. The molecule has 24 heavy (non-hydrogen) atoms. The third-order valence-corrected chi connectivity index (χ3v) is 2.43. The largest absolute Gasteiger partial charge is 0.368 e. The van der Waals surface area contributed by atoms with E-state index in [0.29, 0.717) is 5.82 Å². The number of azide groups is 2. The molecule has 118 valence electrons. The molecule has 0 bridgehead atoms. The highest BCUT2D eigenvalue weighted by atomic mass is 15.5. The molecule has 0 atom stereocenters. The Bertz CT molecular complexity index is 949. The number of nitrogens with zero attached hydrogens (tertiary/aromatic N) is 15. The maximum absolute atomic E-state index is 8.33. The quantitative estimate of drug-likeness (QED) is 0.363. The molecule has 0 aromatic carbocycles. The predicted octanol–water partition coefficient (Wildman–Crippen LogP) is 0.0220. The van der Waals surface area contributed by atoms with Gasteiger partial charge >= 0.3 is 0 Å². The molecule has 3 aromatic rings. The van der Waals surface area contributed by atoms with E-state index in [1.807, 2.05) is 0 Å². The number of rotatable bonds is 5. The number of nitrogen functional groups attached to an aromatic ring is 1. The van der Waals surface area contributed by atoms with Gasteiger partial charge in [-0.1, -0.05) is 0 Å². The van der Waals surface area contributed by atoms with Crippen LogP contribution in [0.1, 0.15) is 11.6 Å². The van der Waals surface area contributed by atoms with E-state index in [-0.39, 0.29) is 36.0 Å². The van der Waals surface area contributed by atoms with E-state index in [1.165, 1.54) is 0 Å². The van der Waals surface area contributed by atoms with Gasteiger partial charge in [0.2, 0.25) is 17.8 Å². The van der Waals surface area contributed by atoms with Crippen molar-refractivity contribution in [3.05, 3.63) is 32.5 Å². The summed E-state index contributed by atoms with van der Waals surface area (Å²) in [5, 5.41) is 31.8. The lowest BCUT2D eigenvalue weighted by atomic mass is 10.4. The first-order valence-electron chi connectivity index (χ1n) is 6.00. The summed E-state index contributed by atoms with van der Waals surface area (Å²) in [5.74, 6) is 0.174. The van der Waals surface area contributed by atoms with Crippen LogP contribution >= 0.6 is 0 Å². The molecule has 3 aromatic heterocycles. The van der Waals surface area contributed by atoms with Crippen LogP contribution in [0.5, 0.6) is 0 Å². The maximum atomic E-state index is 8.33. The van der Waals surface area contributed by atoms with Crippen LogP contribution < -0.4 is 5.73 Å². The fourth-order valence-corrected chi connectivity index (χ4v) is 1.54. The topological polar surface area (TPSA) is 247 Å². The van der Waals surface area contributed by atoms with Gasteiger partial charge in [0.1, 0.15) is 0 Å². The van der Waals surface area contributed by atoms with Gasteiger partial charge in [0.15, 0.2) is 11.6 Å². The molecule has 0 radical (unpaired) electrons. The summed E-state index contributed by atoms with van der Waals surface area (Å²) in [7, 11) is 0. The van der Waals surface area contributed by atoms with Crippen LogP contribution in [0, 0.1) is 0 Å². The number of H-pyrrole nitrogens is 1. The minimum atomic E-state index is -0.186. The van der Waals surface area contributed by atoms with Crippen LogP contribution in [-0.4, -0.2) is 50.3 Å². The predicted molar refractivity (Wildman–Crippen MR) is 73.8 cm³/mol. The maximum Gasteiger partial charge on any atom is 0.292 e. The van der Waals surface area contributed by atoms with Gasteiger partial charge in [0.05, 0.1) is 6.42 Å². The molecule has 0 fully saturated rings. The Morgan fingerprint density at radius 3 is 2.50 bits per heavy atom. The third-order valence-electron chi connectivity index (χ3n) is 2.43. The molecule has 3 heterocycles. The summed E-state index contributed by atoms with van der Waals surface area (Å²) in [4.78, 5) is 12.7. The molecule has 0 spiro atoms. The number of aromatic amines is 1. The molecular formula is C7H5N17. The van der Waals surface area contributed by atoms with Gasteiger partial charge in [0, 0.05) is 9.82 Å². The first-order chi connectivity index (χ1) is 11.7. The molecule has 0 aliphatic carbocycles. The Hall–Kier alpha value is -4.36. The van der Waals surface area contributed by atoms with E-state index >= 15 is 0 Å². The number of hydrogen-bond donors (Lipinski definition) is 2. The first-order valence-corrected chi connectivity index (χ1v) is 6.00. The van der Waals surface area contributed by atoms with Gasteiger partial charge in [-0.2, -0.15) is 14.8 Å². The highest BCUT2D eigenvalue weighted by molar-refractivity contribution is 5.31. The van der Waals surface area contributed by atoms with Crippen LogP contribution in [0.4, 0.5) is 17.8 Å². The van der Waals surface area contributed by atoms with Crippen molar-refractivity contribution >= 4 is 17.8 Å². The van der Waals surface area contributed by atoms with E-state index < -0.39 is 0 Å². The van der Waals surface area contributed by atoms with Gasteiger partial charge in [-0.05, 0) is 21.3 Å². The molecule has 0 saturated heterocycles. The zero-order valence-corrected chi connectivity index (χ0v) is 11.5. The number of hydrogen-bond acceptors (Lipinski definition) is 11. The van der Waals surface area contributed by atoms with Gasteiger partial charge < -0.3 is 5.73 Å². The van der Waals surface area contributed by atoms with Gasteiger partial charge in [0.25, 0.3) is 5.95 Å². The van der Waals surface area contributed by atoms with Crippen molar-refractivity contribution in [2.75, 3.05) is 5.73 Å². The molecule has 17 heteroatoms. The van der Waals surface area contributed by atoms with E-state index in [9.17, 15) is 0 Å². The zero-order valence-electron chi connectivity index (χ0n) is 11.5. The lowest BCUT2D eigenvalue weighted by molar-refractivity contribution is 0.695. The minimum Gasteiger partial charge on any atom is -0.368 e. The van der Waals surface area contributed by atoms with Crippen LogP contribution in [0.3, 0.4) is 0 Å². The second kappa shape index (κ2) is 6.18. The van der Waals surface area contributed by atoms with E-state index in [4.69, 9.17) is 16.8 Å². The van der Waals surface area contributed by atoms with Crippen LogP contribution in [0.25, 0.3) is 26.8 Å². The van der Waals surface area contributed by atoms with Crippen molar-refractivity contribution in [1.82, 2.24) is 50.3 Å². The van der Waals surface area contributed by atoms with Crippen molar-refractivity contribution in [3.63, 3.8) is 0 Å². The fraction of sp³-hybridized carbons (Fsp3) is 0.143. The number of aromatic nitrogens is 10. The lowest BCUT2D eigenvalue weighted by Gasteiger charge is -1.99. The third kappa shape index (κ3) is 2.96. The fourth-order valence-electron chi connectivity index (χ4n) is 1.54. The Balaban J connectivity index is 1.79. The second-order valence-corrected chi connectivity index (χ2v) is 3.93. The van der Waals surface area contributed by atoms with Crippen molar-refractivity contribution in [2.24, 2.45) is 10.2 Å². The zero-order chi connectivity index (χ0) is 16.9. The van der Waals surface area contributed by atoms with Crippen LogP contribution in [0.2, 0.25) is 0 Å². The average molecular weight is 327 g/mol.